The van der Waals surface area contributed by atoms with Crippen molar-refractivity contribution in [3.05, 3.63) is 28.8 Å². The van der Waals surface area contributed by atoms with Crippen molar-refractivity contribution in [1.29, 1.82) is 0 Å². The lowest BCUT2D eigenvalue weighted by molar-refractivity contribution is 0.571. The van der Waals surface area contributed by atoms with Gasteiger partial charge in [-0.1, -0.05) is 11.6 Å². The van der Waals surface area contributed by atoms with Crippen molar-refractivity contribution < 1.29 is 8.42 Å². The minimum Gasteiger partial charge on any atom is -0.297 e. The zero-order chi connectivity index (χ0) is 14.2. The second kappa shape index (κ2) is 4.92. The zero-order valence-electron chi connectivity index (χ0n) is 10.5. The standard InChI is InChI=1S/C11H13ClN4O2S/c1-3-16-10(14-15-11(16)19(13,17)18)8-4-7(2)5-9(12)6-8/h4-6H,3H2,1-2H3,(H2,13,17,18). The van der Waals surface area contributed by atoms with Crippen LogP contribution >= 0.6 is 11.6 Å². The Labute approximate surface area is 116 Å². The molecule has 6 nitrogen and oxygen atoms in total. The van der Waals surface area contributed by atoms with Gasteiger partial charge in [-0.2, -0.15) is 0 Å². The van der Waals surface area contributed by atoms with Gasteiger partial charge in [-0.05, 0) is 37.6 Å². The predicted molar refractivity (Wildman–Crippen MR) is 72.3 cm³/mol. The molecule has 0 aliphatic carbocycles. The van der Waals surface area contributed by atoms with Crippen LogP contribution in [0.5, 0.6) is 0 Å². The smallest absolute Gasteiger partial charge is 0.273 e. The summed E-state index contributed by atoms with van der Waals surface area (Å²) in [5.41, 5.74) is 1.65. The van der Waals surface area contributed by atoms with Crippen LogP contribution in [0.15, 0.2) is 23.4 Å². The number of aromatic nitrogens is 3. The van der Waals surface area contributed by atoms with E-state index in [2.05, 4.69) is 10.2 Å². The molecular formula is C11H13ClN4O2S. The van der Waals surface area contributed by atoms with Crippen LogP contribution in [0.25, 0.3) is 11.4 Å². The lowest BCUT2D eigenvalue weighted by Gasteiger charge is -2.07. The van der Waals surface area contributed by atoms with Gasteiger partial charge in [0.1, 0.15) is 0 Å². The minimum absolute atomic E-state index is 0.248. The highest BCUT2D eigenvalue weighted by Gasteiger charge is 2.21. The molecule has 0 fully saturated rings. The number of hydrogen-bond acceptors (Lipinski definition) is 4. The Kier molecular flexibility index (Phi) is 3.62. The first kappa shape index (κ1) is 14.0. The molecule has 8 heteroatoms. The Morgan fingerprint density at radius 3 is 2.53 bits per heavy atom. The van der Waals surface area contributed by atoms with Crippen molar-refractivity contribution in [2.45, 2.75) is 25.5 Å². The summed E-state index contributed by atoms with van der Waals surface area (Å²) in [6, 6.07) is 5.37. The Balaban J connectivity index is 2.67. The van der Waals surface area contributed by atoms with Gasteiger partial charge in [-0.15, -0.1) is 10.2 Å². The molecular weight excluding hydrogens is 288 g/mol. The van der Waals surface area contributed by atoms with Gasteiger partial charge in [-0.3, -0.25) is 4.57 Å². The summed E-state index contributed by atoms with van der Waals surface area (Å²) in [6.07, 6.45) is 0. The van der Waals surface area contributed by atoms with E-state index in [-0.39, 0.29) is 5.16 Å². The molecule has 1 aromatic carbocycles. The van der Waals surface area contributed by atoms with Gasteiger partial charge in [0.2, 0.25) is 0 Å². The summed E-state index contributed by atoms with van der Waals surface area (Å²) >= 11 is 5.99. The molecule has 2 rings (SSSR count). The van der Waals surface area contributed by atoms with Crippen LogP contribution in [0.2, 0.25) is 5.02 Å². The third kappa shape index (κ3) is 2.78. The average molecular weight is 301 g/mol. The number of sulfonamides is 1. The largest absolute Gasteiger partial charge is 0.297 e. The lowest BCUT2D eigenvalue weighted by atomic mass is 10.1. The molecule has 0 unspecified atom stereocenters. The fourth-order valence-corrected chi connectivity index (χ4v) is 2.83. The molecule has 0 radical (unpaired) electrons. The molecule has 0 amide bonds. The molecule has 0 atom stereocenters. The number of nitrogens with two attached hydrogens (primary N) is 1. The Hall–Kier alpha value is -1.44. The quantitative estimate of drug-likeness (QED) is 0.931. The summed E-state index contributed by atoms with van der Waals surface area (Å²) in [4.78, 5) is 0. The molecule has 102 valence electrons. The van der Waals surface area contributed by atoms with E-state index in [0.717, 1.165) is 5.56 Å². The monoisotopic (exact) mass is 300 g/mol. The van der Waals surface area contributed by atoms with E-state index >= 15 is 0 Å². The first-order chi connectivity index (χ1) is 8.82. The number of halogens is 1. The van der Waals surface area contributed by atoms with E-state index in [0.29, 0.717) is 23.0 Å². The van der Waals surface area contributed by atoms with Gasteiger partial charge < -0.3 is 0 Å². The second-order valence-corrected chi connectivity index (χ2v) is 6.00. The van der Waals surface area contributed by atoms with Crippen molar-refractivity contribution >= 4 is 21.6 Å². The van der Waals surface area contributed by atoms with Gasteiger partial charge >= 0.3 is 0 Å². The SMILES string of the molecule is CCn1c(-c2cc(C)cc(Cl)c2)nnc1S(N)(=O)=O. The molecule has 0 spiro atoms. The Morgan fingerprint density at radius 1 is 1.32 bits per heavy atom. The second-order valence-electron chi connectivity index (χ2n) is 4.11. The first-order valence-electron chi connectivity index (χ1n) is 5.56. The van der Waals surface area contributed by atoms with Crippen molar-refractivity contribution in [1.82, 2.24) is 14.8 Å². The summed E-state index contributed by atoms with van der Waals surface area (Å²) in [6.45, 7) is 4.07. The van der Waals surface area contributed by atoms with Gasteiger partial charge in [-0.25, -0.2) is 13.6 Å². The molecule has 19 heavy (non-hydrogen) atoms. The minimum atomic E-state index is -3.90. The number of aryl methyl sites for hydroxylation is 1. The zero-order valence-corrected chi connectivity index (χ0v) is 12.0. The molecule has 2 aromatic rings. The fraction of sp³-hybridized carbons (Fsp3) is 0.273. The highest BCUT2D eigenvalue weighted by molar-refractivity contribution is 7.89. The average Bonchev–Trinajstić information content (AvgIpc) is 2.70. The maximum absolute atomic E-state index is 11.4. The molecule has 0 aliphatic rings. The number of benzene rings is 1. The van der Waals surface area contributed by atoms with E-state index in [1.54, 1.807) is 19.1 Å². The molecule has 0 aliphatic heterocycles. The highest BCUT2D eigenvalue weighted by atomic mass is 35.5. The van der Waals surface area contributed by atoms with Crippen molar-refractivity contribution in [2.24, 2.45) is 5.14 Å². The summed E-state index contributed by atoms with van der Waals surface area (Å²) in [7, 11) is -3.90. The number of rotatable bonds is 3. The number of primary sulfonamides is 1. The lowest BCUT2D eigenvalue weighted by Crippen LogP contribution is -2.18. The van der Waals surface area contributed by atoms with E-state index < -0.39 is 10.0 Å². The van der Waals surface area contributed by atoms with Crippen LogP contribution in [0, 0.1) is 6.92 Å². The van der Waals surface area contributed by atoms with Gasteiger partial charge in [0.25, 0.3) is 15.2 Å². The van der Waals surface area contributed by atoms with Crippen molar-refractivity contribution in [3.8, 4) is 11.4 Å². The van der Waals surface area contributed by atoms with Gasteiger partial charge in [0, 0.05) is 17.1 Å². The fourth-order valence-electron chi connectivity index (χ4n) is 1.86. The highest BCUT2D eigenvalue weighted by Crippen LogP contribution is 2.24. The molecule has 0 saturated heterocycles. The molecule has 2 N–H and O–H groups in total. The molecule has 0 bridgehead atoms. The third-order valence-electron chi connectivity index (χ3n) is 2.59. The molecule has 1 aromatic heterocycles. The molecule has 1 heterocycles. The normalized spacial score (nSPS) is 11.8. The van der Waals surface area contributed by atoms with E-state index in [1.807, 2.05) is 13.0 Å². The summed E-state index contributed by atoms with van der Waals surface area (Å²) in [5.74, 6) is 0.428. The Bertz CT molecular complexity index is 704. The number of hydrogen-bond donors (Lipinski definition) is 1. The van der Waals surface area contributed by atoms with Crippen LogP contribution in [-0.2, 0) is 16.6 Å². The van der Waals surface area contributed by atoms with Crippen LogP contribution in [0.4, 0.5) is 0 Å². The van der Waals surface area contributed by atoms with E-state index in [9.17, 15) is 8.42 Å². The van der Waals surface area contributed by atoms with Crippen LogP contribution < -0.4 is 5.14 Å². The van der Waals surface area contributed by atoms with Crippen molar-refractivity contribution in [3.63, 3.8) is 0 Å². The Morgan fingerprint density at radius 2 is 2.00 bits per heavy atom. The number of nitrogens with zero attached hydrogens (tertiary/aromatic N) is 3. The van der Waals surface area contributed by atoms with Crippen LogP contribution in [0.1, 0.15) is 12.5 Å². The first-order valence-corrected chi connectivity index (χ1v) is 7.49. The van der Waals surface area contributed by atoms with Gasteiger partial charge in [0.15, 0.2) is 5.82 Å². The summed E-state index contributed by atoms with van der Waals surface area (Å²) < 4.78 is 24.3. The maximum Gasteiger partial charge on any atom is 0.273 e. The van der Waals surface area contributed by atoms with Crippen LogP contribution in [-0.4, -0.2) is 23.2 Å². The van der Waals surface area contributed by atoms with Crippen molar-refractivity contribution in [2.75, 3.05) is 0 Å². The predicted octanol–water partition coefficient (Wildman–Crippen LogP) is 1.57. The van der Waals surface area contributed by atoms with E-state index in [1.165, 1.54) is 4.57 Å². The third-order valence-corrected chi connectivity index (χ3v) is 3.62. The molecule has 0 saturated carbocycles. The topological polar surface area (TPSA) is 90.9 Å². The van der Waals surface area contributed by atoms with Gasteiger partial charge in [0.05, 0.1) is 0 Å². The maximum atomic E-state index is 11.4. The van der Waals surface area contributed by atoms with Crippen LogP contribution in [0.3, 0.4) is 0 Å². The van der Waals surface area contributed by atoms with E-state index in [4.69, 9.17) is 16.7 Å². The summed E-state index contributed by atoms with van der Waals surface area (Å²) in [5, 5.41) is 13.0.